The fourth-order valence-corrected chi connectivity index (χ4v) is 7.53. The van der Waals surface area contributed by atoms with Crippen LogP contribution in [0.4, 0.5) is 0 Å². The van der Waals surface area contributed by atoms with Crippen LogP contribution in [0.2, 0.25) is 0 Å². The molecule has 14 nitrogen and oxygen atoms in total. The molecule has 6 atom stereocenters. The third-order valence-corrected chi connectivity index (χ3v) is 10.8. The van der Waals surface area contributed by atoms with Crippen LogP contribution in [0.5, 0.6) is 0 Å². The van der Waals surface area contributed by atoms with Crippen LogP contribution in [0.1, 0.15) is 88.3 Å². The topological polar surface area (TPSA) is 190 Å². The normalized spacial score (nSPS) is 19.2. The van der Waals surface area contributed by atoms with E-state index in [1.807, 2.05) is 31.2 Å². The Balaban J connectivity index is 1.37. The number of hydrogen-bond acceptors (Lipinski definition) is 8. The molecule has 0 spiro atoms. The zero-order chi connectivity index (χ0) is 42.4. The van der Waals surface area contributed by atoms with Crippen LogP contribution >= 0.6 is 0 Å². The number of amides is 6. The molecule has 4 rings (SSSR count). The standard InChI is InChI=1S/C45H60N8O6/c1-4-36(46-2)42(56)52-41-34(27-28-48-31-32-17-11-9-12-18-32)23-24-35-25-26-37(53(35)45(41)59)43(57)51-40(33-19-13-10-14-20-33)44(58)50-30-29-49-39(55)22-16-8-6-5-7-15-21-38(54)47-3/h9-14,17-20,34-37,40-41,46,48H,4,15-16,21-31H2,1-3H3,(H,47,54)(H,49,55)(H,50,58)(H,51,57)(H,52,56)/t34-,35+,36+,37+,40+,41+/m1/s1. The van der Waals surface area contributed by atoms with Crippen molar-refractivity contribution >= 4 is 35.4 Å². The highest BCUT2D eigenvalue weighted by atomic mass is 16.2. The molecule has 0 unspecified atom stereocenters. The minimum Gasteiger partial charge on any atom is -0.359 e. The molecule has 2 aromatic rings. The van der Waals surface area contributed by atoms with Gasteiger partial charge in [0.25, 0.3) is 0 Å². The van der Waals surface area contributed by atoms with Gasteiger partial charge in [-0.1, -0.05) is 79.4 Å². The molecule has 2 heterocycles. The Morgan fingerprint density at radius 2 is 1.42 bits per heavy atom. The Kier molecular flexibility index (Phi) is 19.4. The van der Waals surface area contributed by atoms with Crippen LogP contribution in [0.3, 0.4) is 0 Å². The molecule has 2 aliphatic heterocycles. The summed E-state index contributed by atoms with van der Waals surface area (Å²) in [6.07, 6.45) is 4.87. The van der Waals surface area contributed by atoms with E-state index in [1.165, 1.54) is 0 Å². The molecule has 6 amide bonds. The van der Waals surface area contributed by atoms with Gasteiger partial charge >= 0.3 is 0 Å². The highest BCUT2D eigenvalue weighted by Crippen LogP contribution is 2.35. The Morgan fingerprint density at radius 1 is 0.780 bits per heavy atom. The fraction of sp³-hybridized carbons (Fsp3) is 0.511. The molecule has 0 radical (unpaired) electrons. The van der Waals surface area contributed by atoms with Crippen LogP contribution in [0, 0.1) is 29.6 Å². The van der Waals surface area contributed by atoms with Gasteiger partial charge < -0.3 is 42.1 Å². The van der Waals surface area contributed by atoms with Crippen molar-refractivity contribution < 1.29 is 28.8 Å². The molecule has 2 fully saturated rings. The molecule has 59 heavy (non-hydrogen) atoms. The first kappa shape index (κ1) is 46.0. The number of nitrogens with zero attached hydrogens (tertiary/aromatic N) is 1. The zero-order valence-electron chi connectivity index (χ0n) is 34.5. The lowest BCUT2D eigenvalue weighted by atomic mass is 9.90. The summed E-state index contributed by atoms with van der Waals surface area (Å²) in [6, 6.07) is 15.7. The number of hydrogen-bond donors (Lipinski definition) is 7. The van der Waals surface area contributed by atoms with Gasteiger partial charge in [0, 0.05) is 58.4 Å². The molecule has 2 aliphatic rings. The first-order valence-electron chi connectivity index (χ1n) is 20.8. The molecule has 0 bridgehead atoms. The lowest BCUT2D eigenvalue weighted by Crippen LogP contribution is -2.58. The maximum atomic E-state index is 14.6. The van der Waals surface area contributed by atoms with Crippen molar-refractivity contribution in [2.45, 2.75) is 108 Å². The van der Waals surface area contributed by atoms with E-state index in [9.17, 15) is 28.8 Å². The molecule has 0 saturated carbocycles. The van der Waals surface area contributed by atoms with E-state index in [0.717, 1.165) is 5.56 Å². The quantitative estimate of drug-likeness (QED) is 0.0780. The summed E-state index contributed by atoms with van der Waals surface area (Å²) in [5.41, 5.74) is 1.73. The smallest absolute Gasteiger partial charge is 0.247 e. The Morgan fingerprint density at radius 3 is 2.08 bits per heavy atom. The summed E-state index contributed by atoms with van der Waals surface area (Å²) in [5, 5.41) is 20.6. The summed E-state index contributed by atoms with van der Waals surface area (Å²) in [5.74, 6) is 9.08. The maximum Gasteiger partial charge on any atom is 0.247 e. The number of likely N-dealkylation sites (N-methyl/N-ethyl adjacent to an activating group) is 1. The van der Waals surface area contributed by atoms with E-state index in [2.05, 4.69) is 73.0 Å². The molecule has 0 aliphatic carbocycles. The third kappa shape index (κ3) is 14.6. The first-order valence-corrected chi connectivity index (χ1v) is 20.8. The highest BCUT2D eigenvalue weighted by Gasteiger charge is 2.48. The van der Waals surface area contributed by atoms with Crippen LogP contribution in [-0.2, 0) is 35.3 Å². The third-order valence-electron chi connectivity index (χ3n) is 10.8. The van der Waals surface area contributed by atoms with Crippen LogP contribution in [0.15, 0.2) is 60.7 Å². The summed E-state index contributed by atoms with van der Waals surface area (Å²) in [7, 11) is 3.29. The Bertz CT molecular complexity index is 1830. The predicted octanol–water partition coefficient (Wildman–Crippen LogP) is 1.82. The van der Waals surface area contributed by atoms with Gasteiger partial charge in [-0.25, -0.2) is 0 Å². The first-order chi connectivity index (χ1) is 28.7. The van der Waals surface area contributed by atoms with Crippen molar-refractivity contribution in [3.05, 3.63) is 71.8 Å². The lowest BCUT2D eigenvalue weighted by Gasteiger charge is -2.33. The Labute approximate surface area is 348 Å². The van der Waals surface area contributed by atoms with Gasteiger partial charge in [-0.3, -0.25) is 28.8 Å². The van der Waals surface area contributed by atoms with E-state index < -0.39 is 36.0 Å². The van der Waals surface area contributed by atoms with E-state index in [0.29, 0.717) is 76.4 Å². The second-order valence-electron chi connectivity index (χ2n) is 14.8. The summed E-state index contributed by atoms with van der Waals surface area (Å²) < 4.78 is 0. The zero-order valence-corrected chi connectivity index (χ0v) is 34.5. The summed E-state index contributed by atoms with van der Waals surface area (Å²) >= 11 is 0. The minimum absolute atomic E-state index is 0.0890. The van der Waals surface area contributed by atoms with Crippen molar-refractivity contribution in [1.29, 1.82) is 0 Å². The van der Waals surface area contributed by atoms with Crippen LogP contribution in [-0.4, -0.2) is 98.2 Å². The van der Waals surface area contributed by atoms with Gasteiger partial charge in [0.1, 0.15) is 18.1 Å². The molecule has 0 aromatic heterocycles. The summed E-state index contributed by atoms with van der Waals surface area (Å²) in [4.78, 5) is 81.0. The molecule has 7 N–H and O–H groups in total. The SMILES string of the molecule is CC[C@H](NC)C(=O)N[C@@H]1C(=O)N2[C@@H](CC[C@@H]1CCNCc1ccccc1)CC[C@H]2C(=O)N[C@H](C(=O)NCCNC(=O)CCC#CC#CCCC(=O)NC)c1ccccc1. The monoisotopic (exact) mass is 808 g/mol. The average molecular weight is 809 g/mol. The Hall–Kier alpha value is -5.70. The molecular weight excluding hydrogens is 749 g/mol. The van der Waals surface area contributed by atoms with E-state index >= 15 is 0 Å². The maximum absolute atomic E-state index is 14.6. The van der Waals surface area contributed by atoms with E-state index in [-0.39, 0.29) is 55.1 Å². The van der Waals surface area contributed by atoms with Gasteiger partial charge in [0.2, 0.25) is 35.4 Å². The molecular formula is C45H60N8O6. The minimum atomic E-state index is -1.05. The molecule has 2 saturated heterocycles. The van der Waals surface area contributed by atoms with E-state index in [4.69, 9.17) is 0 Å². The van der Waals surface area contributed by atoms with Crippen LogP contribution in [0.25, 0.3) is 0 Å². The van der Waals surface area contributed by atoms with Crippen molar-refractivity contribution in [3.8, 4) is 23.7 Å². The number of benzene rings is 2. The number of carbonyl (C=O) groups is 6. The van der Waals surface area contributed by atoms with Crippen molar-refractivity contribution in [1.82, 2.24) is 42.1 Å². The lowest BCUT2D eigenvalue weighted by molar-refractivity contribution is -0.144. The molecule has 14 heteroatoms. The predicted molar refractivity (Wildman–Crippen MR) is 226 cm³/mol. The fourth-order valence-electron chi connectivity index (χ4n) is 7.53. The highest BCUT2D eigenvalue weighted by molar-refractivity contribution is 5.96. The van der Waals surface area contributed by atoms with Gasteiger partial charge in [-0.05, 0) is 81.0 Å². The number of carbonyl (C=O) groups excluding carboxylic acids is 6. The van der Waals surface area contributed by atoms with Crippen molar-refractivity contribution in [3.63, 3.8) is 0 Å². The largest absolute Gasteiger partial charge is 0.359 e. The summed E-state index contributed by atoms with van der Waals surface area (Å²) in [6.45, 7) is 3.54. The molecule has 2 aromatic carbocycles. The second kappa shape index (κ2) is 24.9. The van der Waals surface area contributed by atoms with Crippen molar-refractivity contribution in [2.24, 2.45) is 5.92 Å². The van der Waals surface area contributed by atoms with Gasteiger partial charge in [0.15, 0.2) is 0 Å². The van der Waals surface area contributed by atoms with Gasteiger partial charge in [0.05, 0.1) is 6.04 Å². The number of nitrogens with one attached hydrogen (secondary N) is 7. The van der Waals surface area contributed by atoms with Crippen LogP contribution < -0.4 is 37.2 Å². The van der Waals surface area contributed by atoms with Crippen molar-refractivity contribution in [2.75, 3.05) is 33.7 Å². The van der Waals surface area contributed by atoms with Gasteiger partial charge in [-0.2, -0.15) is 0 Å². The molecule has 316 valence electrons. The average Bonchev–Trinajstić information content (AvgIpc) is 3.64. The van der Waals surface area contributed by atoms with Gasteiger partial charge in [-0.15, -0.1) is 0 Å². The second-order valence-corrected chi connectivity index (χ2v) is 14.8. The number of rotatable bonds is 20. The number of fused-ring (bicyclic) bond motifs is 1. The van der Waals surface area contributed by atoms with E-state index in [1.54, 1.807) is 43.3 Å².